The molecule has 0 aliphatic heterocycles. The Kier molecular flexibility index (Phi) is 0.433. The molecular formula is C3HN2. The molecular weight excluding hydrogens is 64.0 g/mol. The molecule has 1 aromatic heterocycles. The summed E-state index contributed by atoms with van der Waals surface area (Å²) in [5.74, 6) is 0. The summed E-state index contributed by atoms with van der Waals surface area (Å²) in [6, 6.07) is 0. The monoisotopic (exact) mass is 65.0 g/mol. The van der Waals surface area contributed by atoms with Crippen LogP contribution in [0.15, 0.2) is 0 Å². The second-order valence-corrected chi connectivity index (χ2v) is 0.585. The number of hydrogen-bond acceptors (Lipinski definition) is 1. The molecule has 5 heavy (non-hydrogen) atoms. The number of aromatic nitrogens is 2. The summed E-state index contributed by atoms with van der Waals surface area (Å²) >= 11 is 0. The topological polar surface area (TPSA) is 28.7 Å². The van der Waals surface area contributed by atoms with E-state index in [0.29, 0.717) is 0 Å². The first-order valence-corrected chi connectivity index (χ1v) is 1.20. The van der Waals surface area contributed by atoms with E-state index in [1.165, 1.54) is 0 Å². The maximum absolute atomic E-state index is 3.36. The van der Waals surface area contributed by atoms with Gasteiger partial charge in [0.15, 0.2) is 6.33 Å². The molecule has 0 bridgehead atoms. The van der Waals surface area contributed by atoms with Gasteiger partial charge in [-0.3, -0.25) is 0 Å². The molecule has 0 aliphatic carbocycles. The first-order chi connectivity index (χ1) is 2.50. The van der Waals surface area contributed by atoms with Gasteiger partial charge in [-0.1, -0.05) is 0 Å². The molecule has 0 atom stereocenters. The standard InChI is InChI=1S/C3HN2/c1-2-5-3-4-1/h(H,4,5). The highest BCUT2D eigenvalue weighted by molar-refractivity contribution is 4.56. The van der Waals surface area contributed by atoms with Gasteiger partial charge < -0.3 is 4.98 Å². The number of hydrogen-bond donors (Lipinski definition) is 1. The molecule has 0 fully saturated rings. The second-order valence-electron chi connectivity index (χ2n) is 0.585. The van der Waals surface area contributed by atoms with Crippen molar-refractivity contribution in [3.8, 4) is 0 Å². The van der Waals surface area contributed by atoms with Crippen molar-refractivity contribution in [3.63, 3.8) is 0 Å². The highest BCUT2D eigenvalue weighted by Crippen LogP contribution is 1.57. The van der Waals surface area contributed by atoms with E-state index in [4.69, 9.17) is 0 Å². The van der Waals surface area contributed by atoms with Crippen LogP contribution in [0.1, 0.15) is 0 Å². The summed E-state index contributed by atoms with van der Waals surface area (Å²) in [7, 11) is 0. The zero-order chi connectivity index (χ0) is 3.54. The van der Waals surface area contributed by atoms with Crippen molar-refractivity contribution in [1.29, 1.82) is 0 Å². The molecule has 0 spiro atoms. The minimum atomic E-state index is 2.38. The fraction of sp³-hybridized carbons (Fsp3) is 0. The van der Waals surface area contributed by atoms with Crippen LogP contribution in [0.4, 0.5) is 0 Å². The van der Waals surface area contributed by atoms with Gasteiger partial charge in [-0.25, -0.2) is 4.98 Å². The third kappa shape index (κ3) is 0.265. The fourth-order valence-corrected chi connectivity index (χ4v) is 0.140. The summed E-state index contributed by atoms with van der Waals surface area (Å²) in [5.41, 5.74) is 0. The van der Waals surface area contributed by atoms with Gasteiger partial charge in [0.2, 0.25) is 0 Å². The Labute approximate surface area is 29.9 Å². The van der Waals surface area contributed by atoms with Gasteiger partial charge in [-0.2, -0.15) is 0 Å². The van der Waals surface area contributed by atoms with Crippen LogP contribution >= 0.6 is 0 Å². The minimum absolute atomic E-state index is 2.38. The molecule has 2 nitrogen and oxygen atoms in total. The van der Waals surface area contributed by atoms with Gasteiger partial charge in [0.1, 0.15) is 6.20 Å². The largest absolute Gasteiger partial charge is 0.333 e. The molecule has 1 aromatic rings. The lowest BCUT2D eigenvalue weighted by atomic mass is 11.0. The molecule has 0 saturated carbocycles. The van der Waals surface area contributed by atoms with Crippen molar-refractivity contribution in [1.82, 2.24) is 9.97 Å². The summed E-state index contributed by atoms with van der Waals surface area (Å²) in [6.45, 7) is 0. The third-order valence-corrected chi connectivity index (χ3v) is 0.286. The van der Waals surface area contributed by atoms with Crippen molar-refractivity contribution >= 4 is 0 Å². The van der Waals surface area contributed by atoms with Crippen LogP contribution in [0.5, 0.6) is 0 Å². The van der Waals surface area contributed by atoms with E-state index in [1.54, 1.807) is 0 Å². The van der Waals surface area contributed by atoms with Gasteiger partial charge in [0.05, 0.1) is 6.20 Å². The number of nitrogens with zero attached hydrogens (tertiary/aromatic N) is 1. The number of rotatable bonds is 0. The smallest absolute Gasteiger partial charge is 0.174 e. The number of aromatic amines is 1. The molecule has 0 unspecified atom stereocenters. The van der Waals surface area contributed by atoms with Crippen molar-refractivity contribution in [3.05, 3.63) is 18.7 Å². The molecule has 2 heteroatoms. The first kappa shape index (κ1) is 2.45. The molecule has 23 valence electrons. The zero-order valence-corrected chi connectivity index (χ0v) is 2.45. The van der Waals surface area contributed by atoms with E-state index in [-0.39, 0.29) is 0 Å². The van der Waals surface area contributed by atoms with E-state index in [1.807, 2.05) is 0 Å². The number of nitrogens with one attached hydrogen (secondary N) is 1. The minimum Gasteiger partial charge on any atom is -0.333 e. The quantitative estimate of drug-likeness (QED) is 0.446. The van der Waals surface area contributed by atoms with Gasteiger partial charge in [0.25, 0.3) is 0 Å². The summed E-state index contributed by atoms with van der Waals surface area (Å²) in [5, 5.41) is 0. The molecule has 1 heterocycles. The first-order valence-electron chi connectivity index (χ1n) is 1.20. The summed E-state index contributed by atoms with van der Waals surface area (Å²) in [6.07, 6.45) is 7.19. The average Bonchev–Trinajstić information content (AvgIpc) is 1.76. The predicted molar refractivity (Wildman–Crippen MR) is 15.1 cm³/mol. The van der Waals surface area contributed by atoms with Crippen LogP contribution in [0.2, 0.25) is 0 Å². The molecule has 1 N–H and O–H groups in total. The Balaban J connectivity index is 3.13. The average molecular weight is 65.1 g/mol. The van der Waals surface area contributed by atoms with Gasteiger partial charge in [0, 0.05) is 0 Å². The SMILES string of the molecule is [c]1[c][nH][c]n1. The third-order valence-electron chi connectivity index (χ3n) is 0.286. The Morgan fingerprint density at radius 1 is 1.60 bits per heavy atom. The van der Waals surface area contributed by atoms with Crippen LogP contribution in [-0.4, -0.2) is 9.97 Å². The van der Waals surface area contributed by atoms with Crippen LogP contribution in [0, 0.1) is 18.7 Å². The molecule has 0 aliphatic rings. The summed E-state index contributed by atoms with van der Waals surface area (Å²) in [4.78, 5) is 5.81. The molecule has 0 amide bonds. The van der Waals surface area contributed by atoms with Crippen LogP contribution in [0.3, 0.4) is 0 Å². The Morgan fingerprint density at radius 3 is 2.80 bits per heavy atom. The van der Waals surface area contributed by atoms with E-state index < -0.39 is 0 Å². The zero-order valence-electron chi connectivity index (χ0n) is 2.45. The lowest BCUT2D eigenvalue weighted by Crippen LogP contribution is -1.47. The van der Waals surface area contributed by atoms with E-state index >= 15 is 0 Å². The van der Waals surface area contributed by atoms with Gasteiger partial charge in [-0.05, 0) is 0 Å². The molecule has 3 radical (unpaired) electrons. The molecule has 0 aromatic carbocycles. The predicted octanol–water partition coefficient (Wildman–Crippen LogP) is -0.190. The lowest BCUT2D eigenvalue weighted by Gasteiger charge is -1.42. The lowest BCUT2D eigenvalue weighted by molar-refractivity contribution is 1.28. The highest BCUT2D eigenvalue weighted by Gasteiger charge is 1.62. The van der Waals surface area contributed by atoms with Crippen molar-refractivity contribution in [2.75, 3.05) is 0 Å². The Hall–Kier alpha value is -0.790. The highest BCUT2D eigenvalue weighted by atomic mass is 14.8. The van der Waals surface area contributed by atoms with Crippen LogP contribution in [0.25, 0.3) is 0 Å². The van der Waals surface area contributed by atoms with E-state index in [9.17, 15) is 0 Å². The molecule has 1 rings (SSSR count). The van der Waals surface area contributed by atoms with Gasteiger partial charge in [-0.15, -0.1) is 0 Å². The van der Waals surface area contributed by atoms with Crippen molar-refractivity contribution in [2.45, 2.75) is 0 Å². The maximum atomic E-state index is 3.36. The fourth-order valence-electron chi connectivity index (χ4n) is 0.140. The van der Waals surface area contributed by atoms with Crippen molar-refractivity contribution in [2.24, 2.45) is 0 Å². The van der Waals surface area contributed by atoms with Crippen molar-refractivity contribution < 1.29 is 0 Å². The number of H-pyrrole nitrogens is 1. The van der Waals surface area contributed by atoms with E-state index in [0.717, 1.165) is 0 Å². The number of imidazole rings is 1. The van der Waals surface area contributed by atoms with Crippen LogP contribution in [-0.2, 0) is 0 Å². The van der Waals surface area contributed by atoms with E-state index in [2.05, 4.69) is 28.7 Å². The van der Waals surface area contributed by atoms with Gasteiger partial charge >= 0.3 is 0 Å². The maximum Gasteiger partial charge on any atom is 0.174 e. The summed E-state index contributed by atoms with van der Waals surface area (Å²) < 4.78 is 0. The second kappa shape index (κ2) is 0.885. The Bertz CT molecular complexity index is 61.4. The normalized spacial score (nSPS) is 8.00. The molecule has 0 saturated heterocycles. The van der Waals surface area contributed by atoms with Crippen LogP contribution < -0.4 is 0 Å². The Morgan fingerprint density at radius 2 is 2.60 bits per heavy atom.